The molecule has 1 aliphatic heterocycles. The molecule has 0 atom stereocenters. The Bertz CT molecular complexity index is 858. The lowest BCUT2D eigenvalue weighted by Gasteiger charge is -2.35. The Morgan fingerprint density at radius 1 is 1.15 bits per heavy atom. The first-order valence-corrected chi connectivity index (χ1v) is 9.94. The molecule has 1 N–H and O–H groups in total. The van der Waals surface area contributed by atoms with Crippen LogP contribution in [0.1, 0.15) is 62.3 Å². The van der Waals surface area contributed by atoms with Gasteiger partial charge in [0.15, 0.2) is 5.76 Å². The maximum atomic E-state index is 12.8. The normalized spacial score (nSPS) is 19.4. The molecule has 0 aromatic carbocycles. The summed E-state index contributed by atoms with van der Waals surface area (Å²) in [7, 11) is 0. The zero-order valence-corrected chi connectivity index (χ0v) is 15.7. The third-order valence-electron chi connectivity index (χ3n) is 5.88. The number of hydrogen-bond donors (Lipinski definition) is 1. The van der Waals surface area contributed by atoms with Crippen LogP contribution in [0.15, 0.2) is 21.5 Å². The molecular weight excluding hydrogens is 344 g/mol. The summed E-state index contributed by atoms with van der Waals surface area (Å²) in [5.41, 5.74) is 2.05. The van der Waals surface area contributed by atoms with E-state index >= 15 is 0 Å². The second kappa shape index (κ2) is 7.66. The lowest BCUT2D eigenvalue weighted by molar-refractivity contribution is -0.137. The van der Waals surface area contributed by atoms with E-state index in [-0.39, 0.29) is 17.4 Å². The van der Waals surface area contributed by atoms with Crippen molar-refractivity contribution in [3.05, 3.63) is 33.9 Å². The van der Waals surface area contributed by atoms with Gasteiger partial charge in [-0.3, -0.25) is 9.59 Å². The number of nitrogens with zero attached hydrogens (tertiary/aromatic N) is 3. The molecule has 7 nitrogen and oxygen atoms in total. The first-order chi connectivity index (χ1) is 13.1. The van der Waals surface area contributed by atoms with E-state index in [9.17, 15) is 9.59 Å². The van der Waals surface area contributed by atoms with Crippen molar-refractivity contribution >= 4 is 5.91 Å². The average molecular weight is 370 g/mol. The van der Waals surface area contributed by atoms with Gasteiger partial charge in [-0.1, -0.05) is 24.4 Å². The molecule has 2 fully saturated rings. The van der Waals surface area contributed by atoms with Gasteiger partial charge >= 0.3 is 0 Å². The number of hydrogen-bond acceptors (Lipinski definition) is 5. The minimum absolute atomic E-state index is 0.192. The SMILES string of the molecule is Cc1cc(-c2cc(=O)[nH]nc2C2CCN(C(=O)C3CCCCC3)CC2)on1. The number of rotatable bonds is 3. The summed E-state index contributed by atoms with van der Waals surface area (Å²) in [4.78, 5) is 26.6. The molecule has 1 amide bonds. The van der Waals surface area contributed by atoms with Crippen molar-refractivity contribution in [3.63, 3.8) is 0 Å². The number of carbonyl (C=O) groups is 1. The lowest BCUT2D eigenvalue weighted by Crippen LogP contribution is -2.42. The van der Waals surface area contributed by atoms with Crippen molar-refractivity contribution in [1.82, 2.24) is 20.3 Å². The van der Waals surface area contributed by atoms with Crippen LogP contribution in [0.25, 0.3) is 11.3 Å². The Morgan fingerprint density at radius 2 is 1.89 bits per heavy atom. The van der Waals surface area contributed by atoms with Gasteiger partial charge in [-0.05, 0) is 32.6 Å². The van der Waals surface area contributed by atoms with Gasteiger partial charge in [0.05, 0.1) is 11.4 Å². The van der Waals surface area contributed by atoms with Gasteiger partial charge in [-0.15, -0.1) is 0 Å². The molecule has 144 valence electrons. The first-order valence-electron chi connectivity index (χ1n) is 9.94. The van der Waals surface area contributed by atoms with E-state index in [0.29, 0.717) is 17.2 Å². The Labute approximate surface area is 158 Å². The van der Waals surface area contributed by atoms with Crippen LogP contribution in [0, 0.1) is 12.8 Å². The maximum Gasteiger partial charge on any atom is 0.264 e. The quantitative estimate of drug-likeness (QED) is 0.896. The topological polar surface area (TPSA) is 92.1 Å². The van der Waals surface area contributed by atoms with E-state index < -0.39 is 0 Å². The van der Waals surface area contributed by atoms with Crippen LogP contribution in [0.5, 0.6) is 0 Å². The van der Waals surface area contributed by atoms with Crippen LogP contribution < -0.4 is 5.56 Å². The summed E-state index contributed by atoms with van der Waals surface area (Å²) in [5.74, 6) is 1.31. The number of aromatic amines is 1. The van der Waals surface area contributed by atoms with Crippen molar-refractivity contribution in [2.75, 3.05) is 13.1 Å². The van der Waals surface area contributed by atoms with Crippen molar-refractivity contribution in [3.8, 4) is 11.3 Å². The van der Waals surface area contributed by atoms with Gasteiger partial charge in [0.1, 0.15) is 0 Å². The fourth-order valence-electron chi connectivity index (χ4n) is 4.39. The van der Waals surface area contributed by atoms with Crippen LogP contribution in [0.4, 0.5) is 0 Å². The first kappa shape index (κ1) is 17.9. The number of nitrogens with one attached hydrogen (secondary N) is 1. The summed E-state index contributed by atoms with van der Waals surface area (Å²) in [6, 6.07) is 3.35. The highest BCUT2D eigenvalue weighted by molar-refractivity contribution is 5.79. The van der Waals surface area contributed by atoms with Crippen LogP contribution in [0.2, 0.25) is 0 Å². The monoisotopic (exact) mass is 370 g/mol. The summed E-state index contributed by atoms with van der Waals surface area (Å²) in [5, 5.41) is 10.8. The summed E-state index contributed by atoms with van der Waals surface area (Å²) < 4.78 is 5.37. The highest BCUT2D eigenvalue weighted by Gasteiger charge is 2.31. The zero-order valence-electron chi connectivity index (χ0n) is 15.7. The smallest absolute Gasteiger partial charge is 0.264 e. The summed E-state index contributed by atoms with van der Waals surface area (Å²) in [6.45, 7) is 3.34. The number of H-pyrrole nitrogens is 1. The average Bonchev–Trinajstić information content (AvgIpc) is 3.14. The fraction of sp³-hybridized carbons (Fsp3) is 0.600. The van der Waals surface area contributed by atoms with E-state index in [2.05, 4.69) is 15.4 Å². The lowest BCUT2D eigenvalue weighted by atomic mass is 9.86. The Kier molecular flexibility index (Phi) is 5.09. The van der Waals surface area contributed by atoms with Crippen molar-refractivity contribution < 1.29 is 9.32 Å². The van der Waals surface area contributed by atoms with Crippen LogP contribution >= 0.6 is 0 Å². The van der Waals surface area contributed by atoms with Gasteiger partial charge < -0.3 is 9.42 Å². The number of carbonyl (C=O) groups excluding carboxylic acids is 1. The molecule has 2 aromatic rings. The molecular formula is C20H26N4O3. The number of amides is 1. The van der Waals surface area contributed by atoms with Gasteiger partial charge in [0.25, 0.3) is 5.56 Å². The second-order valence-corrected chi connectivity index (χ2v) is 7.80. The molecule has 0 unspecified atom stereocenters. The van der Waals surface area contributed by atoms with Gasteiger partial charge in [-0.2, -0.15) is 5.10 Å². The predicted molar refractivity (Wildman–Crippen MR) is 100 cm³/mol. The minimum Gasteiger partial charge on any atom is -0.356 e. The standard InChI is InChI=1S/C20H26N4O3/c1-13-11-17(27-23-13)16-12-18(25)21-22-19(16)14-7-9-24(10-8-14)20(26)15-5-3-2-4-6-15/h11-12,14-15H,2-10H2,1H3,(H,21,25). The van der Waals surface area contributed by atoms with Gasteiger partial charge in [-0.25, -0.2) is 5.10 Å². The summed E-state index contributed by atoms with van der Waals surface area (Å²) in [6.07, 6.45) is 7.37. The molecule has 27 heavy (non-hydrogen) atoms. The minimum atomic E-state index is -0.257. The highest BCUT2D eigenvalue weighted by Crippen LogP contribution is 2.34. The van der Waals surface area contributed by atoms with Crippen LogP contribution in [0.3, 0.4) is 0 Å². The fourth-order valence-corrected chi connectivity index (χ4v) is 4.39. The number of piperidine rings is 1. The van der Waals surface area contributed by atoms with Crippen LogP contribution in [-0.2, 0) is 4.79 Å². The molecule has 0 spiro atoms. The number of likely N-dealkylation sites (tertiary alicyclic amines) is 1. The molecule has 0 radical (unpaired) electrons. The Hall–Kier alpha value is -2.44. The van der Waals surface area contributed by atoms with E-state index in [1.165, 1.54) is 25.3 Å². The summed E-state index contributed by atoms with van der Waals surface area (Å²) >= 11 is 0. The van der Waals surface area contributed by atoms with Crippen molar-refractivity contribution in [2.24, 2.45) is 5.92 Å². The van der Waals surface area contributed by atoms with Gasteiger partial charge in [0.2, 0.25) is 5.91 Å². The highest BCUT2D eigenvalue weighted by atomic mass is 16.5. The third-order valence-corrected chi connectivity index (χ3v) is 5.88. The Morgan fingerprint density at radius 3 is 2.56 bits per heavy atom. The molecule has 2 aliphatic rings. The molecule has 1 aliphatic carbocycles. The molecule has 0 bridgehead atoms. The van der Waals surface area contributed by atoms with E-state index in [1.807, 2.05) is 17.9 Å². The molecule has 1 saturated carbocycles. The maximum absolute atomic E-state index is 12.8. The number of aromatic nitrogens is 3. The predicted octanol–water partition coefficient (Wildman–Crippen LogP) is 3.02. The van der Waals surface area contributed by atoms with E-state index in [0.717, 1.165) is 50.2 Å². The molecule has 1 saturated heterocycles. The molecule has 4 rings (SSSR count). The molecule has 3 heterocycles. The van der Waals surface area contributed by atoms with Crippen molar-refractivity contribution in [1.29, 1.82) is 0 Å². The Balaban J connectivity index is 1.48. The molecule has 7 heteroatoms. The largest absolute Gasteiger partial charge is 0.356 e. The number of aryl methyl sites for hydroxylation is 1. The van der Waals surface area contributed by atoms with E-state index in [4.69, 9.17) is 4.52 Å². The van der Waals surface area contributed by atoms with Gasteiger partial charge in [0, 0.05) is 42.6 Å². The van der Waals surface area contributed by atoms with E-state index in [1.54, 1.807) is 0 Å². The van der Waals surface area contributed by atoms with Crippen LogP contribution in [-0.4, -0.2) is 39.3 Å². The van der Waals surface area contributed by atoms with Crippen molar-refractivity contribution in [2.45, 2.75) is 57.8 Å². The molecule has 2 aromatic heterocycles. The second-order valence-electron chi connectivity index (χ2n) is 7.80. The zero-order chi connectivity index (χ0) is 18.8. The third kappa shape index (κ3) is 3.82.